The highest BCUT2D eigenvalue weighted by atomic mass is 32.7. The molecule has 1 saturated heterocycles. The summed E-state index contributed by atoms with van der Waals surface area (Å²) in [5.74, 6) is 0. The zero-order valence-corrected chi connectivity index (χ0v) is 8.42. The summed E-state index contributed by atoms with van der Waals surface area (Å²) < 4.78 is 55.9. The Balaban J connectivity index is 2.60. The largest absolute Gasteiger partial charge is 0.452 e. The summed E-state index contributed by atoms with van der Waals surface area (Å²) in [4.78, 5) is 0. The Hall–Kier alpha value is 0.290. The van der Waals surface area contributed by atoms with Crippen molar-refractivity contribution in [1.82, 2.24) is 0 Å². The molecular formula is C5H8F3O3PS. The van der Waals surface area contributed by atoms with E-state index in [0.717, 1.165) is 0 Å². The van der Waals surface area contributed by atoms with E-state index < -0.39 is 29.8 Å². The number of hydrogen-bond acceptors (Lipinski definition) is 4. The molecule has 0 aromatic heterocycles. The predicted molar refractivity (Wildman–Crippen MR) is 42.4 cm³/mol. The number of rotatable bonds is 1. The Kier molecular flexibility index (Phi) is 3.33. The predicted octanol–water partition coefficient (Wildman–Crippen LogP) is 3.17. The highest BCUT2D eigenvalue weighted by Gasteiger charge is 2.45. The van der Waals surface area contributed by atoms with E-state index in [1.807, 2.05) is 0 Å². The van der Waals surface area contributed by atoms with Crippen LogP contribution >= 0.6 is 18.2 Å². The van der Waals surface area contributed by atoms with Gasteiger partial charge in [0.1, 0.15) is 0 Å². The molecule has 13 heavy (non-hydrogen) atoms. The molecule has 3 nitrogen and oxygen atoms in total. The standard InChI is InChI=1S/C5H8F3O3PS/c1-4-2-3-10-12(9,11-4)13-5(6,7)8/h4H,2-3H2,1H3/t4-,12+/m0/s1. The van der Waals surface area contributed by atoms with Crippen molar-refractivity contribution in [2.24, 2.45) is 0 Å². The van der Waals surface area contributed by atoms with Crippen LogP contribution in [-0.4, -0.2) is 18.2 Å². The Bertz CT molecular complexity index is 232. The first-order valence-corrected chi connectivity index (χ1v) is 6.48. The topological polar surface area (TPSA) is 35.5 Å². The first-order valence-electron chi connectivity index (χ1n) is 3.51. The van der Waals surface area contributed by atoms with Gasteiger partial charge in [0.05, 0.1) is 24.1 Å². The molecule has 1 heterocycles. The van der Waals surface area contributed by atoms with Gasteiger partial charge in [0.25, 0.3) is 0 Å². The third kappa shape index (κ3) is 3.89. The van der Waals surface area contributed by atoms with Gasteiger partial charge in [0, 0.05) is 0 Å². The van der Waals surface area contributed by atoms with Crippen molar-refractivity contribution in [2.45, 2.75) is 25.0 Å². The van der Waals surface area contributed by atoms with Gasteiger partial charge in [0.15, 0.2) is 0 Å². The minimum Gasteiger partial charge on any atom is -0.300 e. The number of alkyl halides is 3. The molecule has 78 valence electrons. The van der Waals surface area contributed by atoms with Crippen molar-refractivity contribution < 1.29 is 26.8 Å². The van der Waals surface area contributed by atoms with Gasteiger partial charge < -0.3 is 4.52 Å². The van der Waals surface area contributed by atoms with E-state index in [2.05, 4.69) is 9.05 Å². The lowest BCUT2D eigenvalue weighted by atomic mass is 10.3. The third-order valence-corrected chi connectivity index (χ3v) is 4.71. The molecule has 1 rings (SSSR count). The van der Waals surface area contributed by atoms with Gasteiger partial charge in [-0.15, -0.1) is 0 Å². The molecule has 0 N–H and O–H groups in total. The molecule has 0 aromatic rings. The Morgan fingerprint density at radius 2 is 2.15 bits per heavy atom. The van der Waals surface area contributed by atoms with Crippen LogP contribution in [0.4, 0.5) is 13.2 Å². The van der Waals surface area contributed by atoms with Crippen molar-refractivity contribution in [3.05, 3.63) is 0 Å². The molecule has 0 amide bonds. The van der Waals surface area contributed by atoms with E-state index in [-0.39, 0.29) is 6.61 Å². The van der Waals surface area contributed by atoms with E-state index in [1.165, 1.54) is 0 Å². The van der Waals surface area contributed by atoms with Crippen molar-refractivity contribution in [3.8, 4) is 0 Å². The van der Waals surface area contributed by atoms with E-state index in [4.69, 9.17) is 0 Å². The second kappa shape index (κ2) is 3.81. The first kappa shape index (κ1) is 11.4. The number of halogens is 3. The molecule has 0 bridgehead atoms. The fourth-order valence-corrected chi connectivity index (χ4v) is 3.81. The molecule has 0 aliphatic carbocycles. The summed E-state index contributed by atoms with van der Waals surface area (Å²) in [5, 5.41) is 0. The third-order valence-electron chi connectivity index (χ3n) is 1.30. The van der Waals surface area contributed by atoms with Crippen LogP contribution in [0.3, 0.4) is 0 Å². The van der Waals surface area contributed by atoms with Gasteiger partial charge in [-0.1, -0.05) is 0 Å². The molecule has 2 atom stereocenters. The second-order valence-corrected chi connectivity index (χ2v) is 6.42. The normalized spacial score (nSPS) is 36.2. The van der Waals surface area contributed by atoms with Gasteiger partial charge in [-0.2, -0.15) is 13.2 Å². The summed E-state index contributed by atoms with van der Waals surface area (Å²) in [6.07, 6.45) is 0.0111. The minimum atomic E-state index is -4.59. The van der Waals surface area contributed by atoms with Crippen LogP contribution in [0.25, 0.3) is 0 Å². The highest BCUT2D eigenvalue weighted by molar-refractivity contribution is 8.55. The van der Waals surface area contributed by atoms with Gasteiger partial charge in [0.2, 0.25) is 0 Å². The molecule has 0 spiro atoms. The van der Waals surface area contributed by atoms with E-state index in [0.29, 0.717) is 6.42 Å². The van der Waals surface area contributed by atoms with Crippen LogP contribution in [0.1, 0.15) is 13.3 Å². The lowest BCUT2D eigenvalue weighted by Crippen LogP contribution is -2.17. The number of hydrogen-bond donors (Lipinski definition) is 0. The van der Waals surface area contributed by atoms with Crippen LogP contribution in [0.2, 0.25) is 0 Å². The van der Waals surface area contributed by atoms with Crippen LogP contribution in [0, 0.1) is 0 Å². The Morgan fingerprint density at radius 1 is 1.54 bits per heavy atom. The lowest BCUT2D eigenvalue weighted by Gasteiger charge is -2.26. The van der Waals surface area contributed by atoms with Gasteiger partial charge in [-0.05, 0) is 13.3 Å². The molecule has 8 heteroatoms. The molecule has 0 aromatic carbocycles. The van der Waals surface area contributed by atoms with Crippen molar-refractivity contribution in [2.75, 3.05) is 6.61 Å². The molecule has 0 saturated carbocycles. The van der Waals surface area contributed by atoms with Gasteiger partial charge in [-0.25, -0.2) is 4.57 Å². The molecule has 0 unspecified atom stereocenters. The Morgan fingerprint density at radius 3 is 2.62 bits per heavy atom. The molecule has 1 aliphatic heterocycles. The van der Waals surface area contributed by atoms with Gasteiger partial charge >= 0.3 is 12.3 Å². The lowest BCUT2D eigenvalue weighted by molar-refractivity contribution is -0.0322. The average Bonchev–Trinajstić information content (AvgIpc) is 1.79. The van der Waals surface area contributed by atoms with Crippen molar-refractivity contribution in [3.63, 3.8) is 0 Å². The van der Waals surface area contributed by atoms with E-state index >= 15 is 0 Å². The summed E-state index contributed by atoms with van der Waals surface area (Å²) in [5.41, 5.74) is -4.59. The summed E-state index contributed by atoms with van der Waals surface area (Å²) >= 11 is -0.705. The monoisotopic (exact) mass is 236 g/mol. The van der Waals surface area contributed by atoms with E-state index in [1.54, 1.807) is 6.92 Å². The second-order valence-electron chi connectivity index (χ2n) is 2.52. The molecule has 0 radical (unpaired) electrons. The zero-order chi connectivity index (χ0) is 10.1. The summed E-state index contributed by atoms with van der Waals surface area (Å²) in [7, 11) is 0. The smallest absolute Gasteiger partial charge is 0.300 e. The van der Waals surface area contributed by atoms with Crippen molar-refractivity contribution >= 4 is 18.2 Å². The Labute approximate surface area is 77.3 Å². The van der Waals surface area contributed by atoms with Crippen molar-refractivity contribution in [1.29, 1.82) is 0 Å². The molecule has 1 aliphatic rings. The maximum atomic E-state index is 11.8. The zero-order valence-electron chi connectivity index (χ0n) is 6.71. The fraction of sp³-hybridized carbons (Fsp3) is 1.00. The maximum absolute atomic E-state index is 11.8. The minimum absolute atomic E-state index is 0.0432. The summed E-state index contributed by atoms with van der Waals surface area (Å²) in [6, 6.07) is 0. The SMILES string of the molecule is C[C@H]1CCO[P@@](=O)(SC(F)(F)F)O1. The molecule has 1 fully saturated rings. The quantitative estimate of drug-likeness (QED) is 0.655. The van der Waals surface area contributed by atoms with Crippen LogP contribution in [-0.2, 0) is 13.6 Å². The van der Waals surface area contributed by atoms with Crippen LogP contribution < -0.4 is 0 Å². The van der Waals surface area contributed by atoms with Crippen LogP contribution in [0.5, 0.6) is 0 Å². The fourth-order valence-electron chi connectivity index (χ4n) is 0.809. The highest BCUT2D eigenvalue weighted by Crippen LogP contribution is 2.68. The van der Waals surface area contributed by atoms with Gasteiger partial charge in [-0.3, -0.25) is 4.52 Å². The first-order chi connectivity index (χ1) is 5.81. The molecular weight excluding hydrogens is 228 g/mol. The summed E-state index contributed by atoms with van der Waals surface area (Å²) in [6.45, 7) is -2.39. The maximum Gasteiger partial charge on any atom is 0.452 e. The van der Waals surface area contributed by atoms with Crippen LogP contribution in [0.15, 0.2) is 0 Å². The average molecular weight is 236 g/mol. The van der Waals surface area contributed by atoms with E-state index in [9.17, 15) is 17.7 Å².